The molecule has 0 fully saturated rings. The van der Waals surface area contributed by atoms with Crippen LogP contribution in [0.3, 0.4) is 0 Å². The number of carbonyl (C=O) groups excluding carboxylic acids is 1. The van der Waals surface area contributed by atoms with E-state index in [1.807, 2.05) is 25.1 Å². The highest BCUT2D eigenvalue weighted by Gasteiger charge is 2.22. The quantitative estimate of drug-likeness (QED) is 0.142. The Kier molecular flexibility index (Phi) is 6.88. The number of hydrogen-bond acceptors (Lipinski definition) is 9. The van der Waals surface area contributed by atoms with Gasteiger partial charge in [0, 0.05) is 4.88 Å². The summed E-state index contributed by atoms with van der Waals surface area (Å²) in [5, 5.41) is 28.3. The second-order valence-electron chi connectivity index (χ2n) is 8.41. The third-order valence-corrected chi connectivity index (χ3v) is 8.17. The van der Waals surface area contributed by atoms with E-state index in [1.54, 1.807) is 0 Å². The van der Waals surface area contributed by atoms with Crippen LogP contribution in [0.15, 0.2) is 52.7 Å². The van der Waals surface area contributed by atoms with Crippen LogP contribution >= 0.6 is 23.1 Å². The number of nitrogen functional groups attached to an aromatic ring is 1. The first-order chi connectivity index (χ1) is 17.5. The molecule has 1 aliphatic rings. The summed E-state index contributed by atoms with van der Waals surface area (Å²) in [5.74, 6) is 6.24. The molecule has 0 saturated heterocycles. The maximum absolute atomic E-state index is 12.6. The molecule has 1 amide bonds. The molecule has 0 atom stereocenters. The van der Waals surface area contributed by atoms with Gasteiger partial charge >= 0.3 is 0 Å². The highest BCUT2D eigenvalue weighted by Crippen LogP contribution is 2.37. The highest BCUT2D eigenvalue weighted by atomic mass is 32.2. The second-order valence-corrected chi connectivity index (χ2v) is 10.5. The van der Waals surface area contributed by atoms with Gasteiger partial charge in [0.05, 0.1) is 17.0 Å². The molecule has 182 valence electrons. The van der Waals surface area contributed by atoms with Crippen LogP contribution in [0.2, 0.25) is 0 Å². The average molecular weight is 517 g/mol. The number of nitrogens with two attached hydrogens (primary N) is 1. The minimum atomic E-state index is -0.224. The fourth-order valence-electron chi connectivity index (χ4n) is 4.13. The van der Waals surface area contributed by atoms with Crippen molar-refractivity contribution in [2.75, 3.05) is 22.3 Å². The average Bonchev–Trinajstić information content (AvgIpc) is 3.44. The number of nitrogens with zero attached hydrogens (tertiary/aromatic N) is 5. The lowest BCUT2D eigenvalue weighted by molar-refractivity contribution is -0.113. The van der Waals surface area contributed by atoms with E-state index in [-0.39, 0.29) is 17.6 Å². The van der Waals surface area contributed by atoms with Gasteiger partial charge in [0.2, 0.25) is 11.1 Å². The van der Waals surface area contributed by atoms with Gasteiger partial charge in [-0.25, -0.2) is 10.1 Å². The van der Waals surface area contributed by atoms with Crippen LogP contribution < -0.4 is 16.6 Å². The zero-order valence-electron chi connectivity index (χ0n) is 19.6. The number of fused-ring (bicyclic) bond motifs is 2. The SMILES string of the molecule is C/C(=N\Nc1nnc(SCC(=O)Nc2sc3c(c2C#N)CCCC3)n1N)c1ccc2ccccc2c1. The number of thiophene rings is 1. The van der Waals surface area contributed by atoms with Crippen molar-refractivity contribution < 1.29 is 4.79 Å². The van der Waals surface area contributed by atoms with Crippen LogP contribution in [0.5, 0.6) is 0 Å². The molecule has 9 nitrogen and oxygen atoms in total. The summed E-state index contributed by atoms with van der Waals surface area (Å²) in [6, 6.07) is 16.5. The van der Waals surface area contributed by atoms with Crippen LogP contribution in [0.1, 0.15) is 41.3 Å². The molecule has 0 radical (unpaired) electrons. The first-order valence-corrected chi connectivity index (χ1v) is 13.3. The summed E-state index contributed by atoms with van der Waals surface area (Å²) in [6.45, 7) is 1.90. The topological polar surface area (TPSA) is 134 Å². The van der Waals surface area contributed by atoms with Crippen LogP contribution in [0.4, 0.5) is 10.9 Å². The van der Waals surface area contributed by atoms with Crippen molar-refractivity contribution in [1.29, 1.82) is 5.26 Å². The second kappa shape index (κ2) is 10.4. The van der Waals surface area contributed by atoms with Gasteiger partial charge in [-0.1, -0.05) is 48.2 Å². The Balaban J connectivity index is 1.20. The van der Waals surface area contributed by atoms with E-state index >= 15 is 0 Å². The molecule has 2 aromatic heterocycles. The van der Waals surface area contributed by atoms with Gasteiger partial charge in [-0.15, -0.1) is 21.5 Å². The Labute approximate surface area is 216 Å². The normalized spacial score (nSPS) is 13.3. The number of rotatable bonds is 7. The van der Waals surface area contributed by atoms with Crippen molar-refractivity contribution >= 4 is 56.4 Å². The molecule has 11 heteroatoms. The fourth-order valence-corrected chi connectivity index (χ4v) is 6.04. The summed E-state index contributed by atoms with van der Waals surface area (Å²) in [5.41, 5.74) is 6.29. The molecule has 5 rings (SSSR count). The number of hydrazone groups is 1. The lowest BCUT2D eigenvalue weighted by Gasteiger charge is -2.09. The lowest BCUT2D eigenvalue weighted by atomic mass is 9.96. The van der Waals surface area contributed by atoms with Crippen molar-refractivity contribution in [3.8, 4) is 6.07 Å². The predicted octanol–water partition coefficient (Wildman–Crippen LogP) is 4.52. The molecule has 4 aromatic rings. The molecule has 0 bridgehead atoms. The van der Waals surface area contributed by atoms with Gasteiger partial charge < -0.3 is 11.2 Å². The smallest absolute Gasteiger partial charge is 0.264 e. The number of nitrogens with one attached hydrogen (secondary N) is 2. The van der Waals surface area contributed by atoms with E-state index in [0.717, 1.165) is 65.1 Å². The van der Waals surface area contributed by atoms with E-state index in [0.29, 0.717) is 15.7 Å². The largest absolute Gasteiger partial charge is 0.334 e. The molecule has 0 saturated carbocycles. The third kappa shape index (κ3) is 4.91. The number of carbonyl (C=O) groups is 1. The maximum atomic E-state index is 12.6. The maximum Gasteiger partial charge on any atom is 0.264 e. The number of hydrogen-bond donors (Lipinski definition) is 3. The molecular weight excluding hydrogens is 492 g/mol. The first-order valence-electron chi connectivity index (χ1n) is 11.5. The summed E-state index contributed by atoms with van der Waals surface area (Å²) in [7, 11) is 0. The summed E-state index contributed by atoms with van der Waals surface area (Å²) >= 11 is 2.67. The number of thioether (sulfide) groups is 1. The standard InChI is InChI=1S/C25H24N8OS2/c1-15(17-11-10-16-6-2-3-7-18(16)12-17)29-30-24-31-32-25(33(24)27)35-14-22(34)28-23-20(13-26)19-8-4-5-9-21(19)36-23/h2-3,6-7,10-12H,4-5,8-9,14,27H2,1H3,(H,28,34)(H,30,31)/b29-15+. The lowest BCUT2D eigenvalue weighted by Crippen LogP contribution is -2.17. The minimum absolute atomic E-state index is 0.0855. The third-order valence-electron chi connectivity index (χ3n) is 6.02. The molecule has 2 heterocycles. The molecule has 0 aliphatic heterocycles. The van der Waals surface area contributed by atoms with Crippen molar-refractivity contribution in [3.63, 3.8) is 0 Å². The molecule has 36 heavy (non-hydrogen) atoms. The molecule has 0 unspecified atom stereocenters. The number of aromatic nitrogens is 3. The molecule has 1 aliphatic carbocycles. The van der Waals surface area contributed by atoms with Gasteiger partial charge in [-0.3, -0.25) is 4.79 Å². The van der Waals surface area contributed by atoms with E-state index in [2.05, 4.69) is 56.4 Å². The van der Waals surface area contributed by atoms with Crippen molar-refractivity contribution in [3.05, 3.63) is 64.0 Å². The zero-order valence-corrected chi connectivity index (χ0v) is 21.2. The predicted molar refractivity (Wildman–Crippen MR) is 145 cm³/mol. The number of nitriles is 1. The minimum Gasteiger partial charge on any atom is -0.334 e. The Bertz CT molecular complexity index is 1510. The number of amides is 1. The van der Waals surface area contributed by atoms with E-state index in [1.165, 1.54) is 20.9 Å². The first kappa shape index (κ1) is 23.8. The molecule has 0 spiro atoms. The highest BCUT2D eigenvalue weighted by molar-refractivity contribution is 7.99. The van der Waals surface area contributed by atoms with Gasteiger partial charge in [0.1, 0.15) is 11.1 Å². The number of anilines is 2. The molecule has 2 aromatic carbocycles. The van der Waals surface area contributed by atoms with Crippen molar-refractivity contribution in [1.82, 2.24) is 14.9 Å². The van der Waals surface area contributed by atoms with Crippen molar-refractivity contribution in [2.45, 2.75) is 37.8 Å². The summed E-state index contributed by atoms with van der Waals surface area (Å²) in [6.07, 6.45) is 4.06. The van der Waals surface area contributed by atoms with Gasteiger partial charge in [0.15, 0.2) is 0 Å². The van der Waals surface area contributed by atoms with Crippen LogP contribution in [-0.4, -0.2) is 32.2 Å². The van der Waals surface area contributed by atoms with Gasteiger partial charge in [-0.05, 0) is 60.6 Å². The van der Waals surface area contributed by atoms with Crippen LogP contribution in [0, 0.1) is 11.3 Å². The van der Waals surface area contributed by atoms with E-state index in [9.17, 15) is 10.1 Å². The number of aryl methyl sites for hydroxylation is 1. The Morgan fingerprint density at radius 3 is 2.86 bits per heavy atom. The summed E-state index contributed by atoms with van der Waals surface area (Å²) < 4.78 is 1.26. The summed E-state index contributed by atoms with van der Waals surface area (Å²) in [4.78, 5) is 13.8. The van der Waals surface area contributed by atoms with Gasteiger partial charge in [0.25, 0.3) is 5.95 Å². The van der Waals surface area contributed by atoms with Gasteiger partial charge in [-0.2, -0.15) is 10.4 Å². The monoisotopic (exact) mass is 516 g/mol. The number of benzene rings is 2. The van der Waals surface area contributed by atoms with E-state index < -0.39 is 0 Å². The Morgan fingerprint density at radius 1 is 1.22 bits per heavy atom. The molecular formula is C25H24N8OS2. The van der Waals surface area contributed by atoms with Crippen LogP contribution in [-0.2, 0) is 17.6 Å². The Morgan fingerprint density at radius 2 is 2.03 bits per heavy atom. The fraction of sp³-hybridized carbons (Fsp3) is 0.240. The Hall–Kier alpha value is -3.88. The van der Waals surface area contributed by atoms with Crippen molar-refractivity contribution in [2.24, 2.45) is 5.10 Å². The molecule has 4 N–H and O–H groups in total. The van der Waals surface area contributed by atoms with Crippen LogP contribution in [0.25, 0.3) is 10.8 Å². The van der Waals surface area contributed by atoms with E-state index in [4.69, 9.17) is 5.84 Å². The zero-order chi connectivity index (χ0) is 25.1.